The van der Waals surface area contributed by atoms with E-state index in [0.717, 1.165) is 12.8 Å². The van der Waals surface area contributed by atoms with Crippen LogP contribution in [0.5, 0.6) is 0 Å². The first-order valence-corrected chi connectivity index (χ1v) is 5.58. The molecular formula is C11H21NO2. The maximum atomic E-state index is 11.1. The highest BCUT2D eigenvalue weighted by atomic mass is 16.4. The highest BCUT2D eigenvalue weighted by Gasteiger charge is 2.33. The molecule has 1 aliphatic heterocycles. The van der Waals surface area contributed by atoms with Crippen LogP contribution in [0.15, 0.2) is 0 Å². The zero-order valence-corrected chi connectivity index (χ0v) is 9.36. The molecule has 3 nitrogen and oxygen atoms in total. The molecule has 0 aromatic heterocycles. The van der Waals surface area contributed by atoms with Crippen LogP contribution in [0, 0.1) is 0 Å². The van der Waals surface area contributed by atoms with Crippen LogP contribution in [0.25, 0.3) is 0 Å². The lowest BCUT2D eigenvalue weighted by molar-refractivity contribution is -0.146. The molecular weight excluding hydrogens is 178 g/mol. The van der Waals surface area contributed by atoms with Crippen molar-refractivity contribution in [2.45, 2.75) is 64.6 Å². The van der Waals surface area contributed by atoms with E-state index in [9.17, 15) is 4.79 Å². The number of hydrogen-bond acceptors (Lipinski definition) is 2. The molecule has 0 aromatic carbocycles. The molecule has 1 aliphatic rings. The second-order valence-electron chi connectivity index (χ2n) is 4.34. The van der Waals surface area contributed by atoms with Gasteiger partial charge in [0.1, 0.15) is 6.04 Å². The molecule has 0 aromatic rings. The molecule has 3 atom stereocenters. The number of carbonyl (C=O) groups is 1. The van der Waals surface area contributed by atoms with E-state index in [1.807, 2.05) is 6.92 Å². The Morgan fingerprint density at radius 2 is 1.93 bits per heavy atom. The normalized spacial score (nSPS) is 31.4. The summed E-state index contributed by atoms with van der Waals surface area (Å²) in [5.41, 5.74) is 0. The van der Waals surface area contributed by atoms with Crippen molar-refractivity contribution >= 4 is 5.97 Å². The number of likely N-dealkylation sites (tertiary alicyclic amines) is 1. The average Bonchev–Trinajstić information content (AvgIpc) is 2.10. The summed E-state index contributed by atoms with van der Waals surface area (Å²) >= 11 is 0. The van der Waals surface area contributed by atoms with E-state index >= 15 is 0 Å². The fourth-order valence-electron chi connectivity index (χ4n) is 2.57. The molecule has 0 unspecified atom stereocenters. The Morgan fingerprint density at radius 3 is 2.29 bits per heavy atom. The lowest BCUT2D eigenvalue weighted by atomic mass is 9.94. The zero-order valence-electron chi connectivity index (χ0n) is 9.36. The monoisotopic (exact) mass is 199 g/mol. The minimum atomic E-state index is -0.673. The standard InChI is InChI=1S/C11H21NO2/c1-4-10(11(13)14)12-8(2)6-5-7-9(12)3/h8-10H,4-7H2,1-3H3,(H,13,14)/t8-,9-,10+/m0/s1. The number of piperidine rings is 1. The number of aliphatic carboxylic acids is 1. The van der Waals surface area contributed by atoms with Crippen LogP contribution in [0.1, 0.15) is 46.5 Å². The minimum absolute atomic E-state index is 0.291. The Balaban J connectivity index is 2.74. The van der Waals surface area contributed by atoms with E-state index < -0.39 is 5.97 Å². The summed E-state index contributed by atoms with van der Waals surface area (Å²) in [5.74, 6) is -0.673. The van der Waals surface area contributed by atoms with Crippen LogP contribution < -0.4 is 0 Å². The topological polar surface area (TPSA) is 40.5 Å². The maximum absolute atomic E-state index is 11.1. The molecule has 0 aliphatic carbocycles. The minimum Gasteiger partial charge on any atom is -0.480 e. The molecule has 1 rings (SSSR count). The molecule has 0 radical (unpaired) electrons. The first kappa shape index (κ1) is 11.5. The number of hydrogen-bond donors (Lipinski definition) is 1. The van der Waals surface area contributed by atoms with E-state index in [4.69, 9.17) is 5.11 Å². The summed E-state index contributed by atoms with van der Waals surface area (Å²) in [5, 5.41) is 9.12. The van der Waals surface area contributed by atoms with Crippen molar-refractivity contribution in [2.24, 2.45) is 0 Å². The lowest BCUT2D eigenvalue weighted by Gasteiger charge is -2.42. The first-order valence-electron chi connectivity index (χ1n) is 5.58. The Morgan fingerprint density at radius 1 is 1.43 bits per heavy atom. The van der Waals surface area contributed by atoms with Gasteiger partial charge >= 0.3 is 5.97 Å². The van der Waals surface area contributed by atoms with Crippen molar-refractivity contribution in [3.05, 3.63) is 0 Å². The molecule has 1 N–H and O–H groups in total. The molecule has 0 saturated carbocycles. The summed E-state index contributed by atoms with van der Waals surface area (Å²) in [6.45, 7) is 6.23. The van der Waals surface area contributed by atoms with Crippen molar-refractivity contribution in [2.75, 3.05) is 0 Å². The molecule has 1 saturated heterocycles. The summed E-state index contributed by atoms with van der Waals surface area (Å²) < 4.78 is 0. The molecule has 14 heavy (non-hydrogen) atoms. The van der Waals surface area contributed by atoms with Gasteiger partial charge in [0, 0.05) is 12.1 Å². The van der Waals surface area contributed by atoms with Gasteiger partial charge in [0.2, 0.25) is 0 Å². The Bertz CT molecular complexity index is 195. The predicted molar refractivity (Wildman–Crippen MR) is 56.3 cm³/mol. The van der Waals surface area contributed by atoms with Crippen molar-refractivity contribution in [3.63, 3.8) is 0 Å². The molecule has 1 heterocycles. The van der Waals surface area contributed by atoms with E-state index in [-0.39, 0.29) is 6.04 Å². The number of carboxylic acid groups (broad SMARTS) is 1. The number of nitrogens with zero attached hydrogens (tertiary/aromatic N) is 1. The second kappa shape index (κ2) is 4.78. The highest BCUT2D eigenvalue weighted by molar-refractivity contribution is 5.73. The van der Waals surface area contributed by atoms with Crippen molar-refractivity contribution in [3.8, 4) is 0 Å². The first-order chi connectivity index (χ1) is 6.57. The third kappa shape index (κ3) is 2.27. The largest absolute Gasteiger partial charge is 0.480 e. The number of carboxylic acids is 1. The summed E-state index contributed by atoms with van der Waals surface area (Å²) in [6.07, 6.45) is 4.20. The van der Waals surface area contributed by atoms with Gasteiger partial charge in [0.15, 0.2) is 0 Å². The summed E-state index contributed by atoms with van der Waals surface area (Å²) in [4.78, 5) is 13.3. The highest BCUT2D eigenvalue weighted by Crippen LogP contribution is 2.25. The van der Waals surface area contributed by atoms with E-state index in [2.05, 4.69) is 18.7 Å². The molecule has 1 fully saturated rings. The van der Waals surface area contributed by atoms with Gasteiger partial charge in [-0.2, -0.15) is 0 Å². The molecule has 0 bridgehead atoms. The van der Waals surface area contributed by atoms with Gasteiger partial charge in [0.25, 0.3) is 0 Å². The maximum Gasteiger partial charge on any atom is 0.320 e. The van der Waals surface area contributed by atoms with Crippen LogP contribution in [-0.4, -0.2) is 34.1 Å². The van der Waals surface area contributed by atoms with Gasteiger partial charge in [0.05, 0.1) is 0 Å². The van der Waals surface area contributed by atoms with Gasteiger partial charge in [-0.15, -0.1) is 0 Å². The molecule has 82 valence electrons. The third-order valence-electron chi connectivity index (χ3n) is 3.29. The Kier molecular flexibility index (Phi) is 3.93. The van der Waals surface area contributed by atoms with Crippen LogP contribution >= 0.6 is 0 Å². The van der Waals surface area contributed by atoms with E-state index in [1.165, 1.54) is 6.42 Å². The van der Waals surface area contributed by atoms with Crippen LogP contribution in [-0.2, 0) is 4.79 Å². The van der Waals surface area contributed by atoms with Gasteiger partial charge in [-0.3, -0.25) is 9.69 Å². The Labute approximate surface area is 86.1 Å². The van der Waals surface area contributed by atoms with Crippen molar-refractivity contribution in [1.82, 2.24) is 4.90 Å². The molecule has 0 amide bonds. The SMILES string of the molecule is CC[C@H](C(=O)O)N1[C@@H](C)CCC[C@@H]1C. The average molecular weight is 199 g/mol. The Hall–Kier alpha value is -0.570. The second-order valence-corrected chi connectivity index (χ2v) is 4.34. The van der Waals surface area contributed by atoms with Gasteiger partial charge < -0.3 is 5.11 Å². The third-order valence-corrected chi connectivity index (χ3v) is 3.29. The fraction of sp³-hybridized carbons (Fsp3) is 0.909. The summed E-state index contributed by atoms with van der Waals surface area (Å²) in [6, 6.07) is 0.542. The van der Waals surface area contributed by atoms with Gasteiger partial charge in [-0.25, -0.2) is 0 Å². The molecule has 0 spiro atoms. The van der Waals surface area contributed by atoms with Gasteiger partial charge in [-0.05, 0) is 33.1 Å². The van der Waals surface area contributed by atoms with E-state index in [1.54, 1.807) is 0 Å². The molecule has 3 heteroatoms. The number of rotatable bonds is 3. The summed E-state index contributed by atoms with van der Waals surface area (Å²) in [7, 11) is 0. The van der Waals surface area contributed by atoms with E-state index in [0.29, 0.717) is 18.5 Å². The van der Waals surface area contributed by atoms with Gasteiger partial charge in [-0.1, -0.05) is 13.3 Å². The van der Waals surface area contributed by atoms with Crippen LogP contribution in [0.2, 0.25) is 0 Å². The quantitative estimate of drug-likeness (QED) is 0.756. The fourth-order valence-corrected chi connectivity index (χ4v) is 2.57. The van der Waals surface area contributed by atoms with Crippen molar-refractivity contribution < 1.29 is 9.90 Å². The predicted octanol–water partition coefficient (Wildman–Crippen LogP) is 2.11. The zero-order chi connectivity index (χ0) is 10.7. The van der Waals surface area contributed by atoms with Crippen molar-refractivity contribution in [1.29, 1.82) is 0 Å². The van der Waals surface area contributed by atoms with Crippen LogP contribution in [0.3, 0.4) is 0 Å². The lowest BCUT2D eigenvalue weighted by Crippen LogP contribution is -2.52. The smallest absolute Gasteiger partial charge is 0.320 e. The van der Waals surface area contributed by atoms with Crippen LogP contribution in [0.4, 0.5) is 0 Å².